The zero-order valence-electron chi connectivity index (χ0n) is 12.1. The molecule has 1 aromatic heterocycles. The minimum atomic E-state index is -0.194. The summed E-state index contributed by atoms with van der Waals surface area (Å²) >= 11 is 0. The van der Waals surface area contributed by atoms with Crippen LogP contribution in [-0.4, -0.2) is 10.1 Å². The molecule has 1 fully saturated rings. The lowest BCUT2D eigenvalue weighted by Crippen LogP contribution is -2.40. The summed E-state index contributed by atoms with van der Waals surface area (Å²) in [4.78, 5) is 4.42. The Kier molecular flexibility index (Phi) is 3.72. The van der Waals surface area contributed by atoms with Gasteiger partial charge in [-0.2, -0.15) is 10.2 Å². The van der Waals surface area contributed by atoms with E-state index >= 15 is 0 Å². The van der Waals surface area contributed by atoms with Crippen LogP contribution in [0.3, 0.4) is 0 Å². The van der Waals surface area contributed by atoms with Gasteiger partial charge in [-0.3, -0.25) is 0 Å². The number of nitrogens with one attached hydrogen (secondary N) is 1. The number of hydrogen-bond donors (Lipinski definition) is 1. The number of nitriles is 1. The topological polar surface area (TPSA) is 74.7 Å². The highest BCUT2D eigenvalue weighted by molar-refractivity contribution is 5.32. The average Bonchev–Trinajstić information content (AvgIpc) is 3.15. The van der Waals surface area contributed by atoms with E-state index in [1.807, 2.05) is 31.2 Å². The SMILES string of the molecule is Cc1nc(C2(NCc3cccc(C#N)c3)CCCC2)no1. The first-order valence-corrected chi connectivity index (χ1v) is 7.27. The predicted molar refractivity (Wildman–Crippen MR) is 77.2 cm³/mol. The molecule has 1 aromatic carbocycles. The number of aromatic nitrogens is 2. The molecule has 3 rings (SSSR count). The molecule has 21 heavy (non-hydrogen) atoms. The third-order valence-electron chi connectivity index (χ3n) is 4.10. The highest BCUT2D eigenvalue weighted by Gasteiger charge is 2.39. The van der Waals surface area contributed by atoms with Gasteiger partial charge < -0.3 is 9.84 Å². The summed E-state index contributed by atoms with van der Waals surface area (Å²) in [6.45, 7) is 2.51. The maximum atomic E-state index is 8.97. The van der Waals surface area contributed by atoms with Crippen molar-refractivity contribution in [2.45, 2.75) is 44.7 Å². The van der Waals surface area contributed by atoms with Gasteiger partial charge >= 0.3 is 0 Å². The molecule has 1 aliphatic carbocycles. The zero-order chi connectivity index (χ0) is 14.7. The second-order valence-electron chi connectivity index (χ2n) is 5.59. The second-order valence-corrected chi connectivity index (χ2v) is 5.59. The quantitative estimate of drug-likeness (QED) is 0.933. The lowest BCUT2D eigenvalue weighted by Gasteiger charge is -2.27. The molecule has 5 nitrogen and oxygen atoms in total. The first-order valence-electron chi connectivity index (χ1n) is 7.27. The fourth-order valence-corrected chi connectivity index (χ4v) is 2.97. The van der Waals surface area contributed by atoms with Crippen LogP contribution in [0.2, 0.25) is 0 Å². The molecule has 1 heterocycles. The number of hydrogen-bond acceptors (Lipinski definition) is 5. The number of aryl methyl sites for hydroxylation is 1. The van der Waals surface area contributed by atoms with Crippen molar-refractivity contribution in [2.24, 2.45) is 0 Å². The summed E-state index contributed by atoms with van der Waals surface area (Å²) in [6, 6.07) is 9.84. The van der Waals surface area contributed by atoms with Crippen molar-refractivity contribution >= 4 is 0 Å². The molecule has 1 aliphatic rings. The molecule has 5 heteroatoms. The summed E-state index contributed by atoms with van der Waals surface area (Å²) in [7, 11) is 0. The lowest BCUT2D eigenvalue weighted by atomic mass is 9.96. The van der Waals surface area contributed by atoms with Crippen LogP contribution < -0.4 is 5.32 Å². The van der Waals surface area contributed by atoms with Crippen LogP contribution in [0.1, 0.15) is 48.5 Å². The summed E-state index contributed by atoms with van der Waals surface area (Å²) in [5, 5.41) is 16.7. The third kappa shape index (κ3) is 2.81. The summed E-state index contributed by atoms with van der Waals surface area (Å²) in [6.07, 6.45) is 4.37. The standard InChI is InChI=1S/C16H18N4O/c1-12-19-15(20-21-12)16(7-2-3-8-16)18-11-14-6-4-5-13(9-14)10-17/h4-6,9,18H,2-3,7-8,11H2,1H3. The summed E-state index contributed by atoms with van der Waals surface area (Å²) in [5.41, 5.74) is 1.59. The van der Waals surface area contributed by atoms with Crippen LogP contribution in [0.15, 0.2) is 28.8 Å². The van der Waals surface area contributed by atoms with Gasteiger partial charge in [-0.1, -0.05) is 30.1 Å². The van der Waals surface area contributed by atoms with Gasteiger partial charge in [-0.05, 0) is 30.5 Å². The van der Waals surface area contributed by atoms with Crippen LogP contribution in [0.5, 0.6) is 0 Å². The van der Waals surface area contributed by atoms with E-state index in [-0.39, 0.29) is 5.54 Å². The molecule has 0 atom stereocenters. The Morgan fingerprint density at radius 3 is 2.86 bits per heavy atom. The Balaban J connectivity index is 1.78. The van der Waals surface area contributed by atoms with E-state index in [1.165, 1.54) is 12.8 Å². The Bertz CT molecular complexity index is 665. The molecule has 0 spiro atoms. The van der Waals surface area contributed by atoms with Gasteiger partial charge in [0.1, 0.15) is 0 Å². The molecule has 0 aliphatic heterocycles. The molecule has 1 N–H and O–H groups in total. The molecular formula is C16H18N4O. The Morgan fingerprint density at radius 2 is 2.19 bits per heavy atom. The van der Waals surface area contributed by atoms with E-state index in [1.54, 1.807) is 0 Å². The zero-order valence-corrected chi connectivity index (χ0v) is 12.1. The van der Waals surface area contributed by atoms with Gasteiger partial charge in [0.15, 0.2) is 5.82 Å². The van der Waals surface area contributed by atoms with Crippen LogP contribution in [0, 0.1) is 18.3 Å². The number of benzene rings is 1. The minimum Gasteiger partial charge on any atom is -0.340 e. The van der Waals surface area contributed by atoms with E-state index in [9.17, 15) is 0 Å². The maximum Gasteiger partial charge on any atom is 0.223 e. The summed E-state index contributed by atoms with van der Waals surface area (Å²) in [5.74, 6) is 1.36. The highest BCUT2D eigenvalue weighted by atomic mass is 16.5. The van der Waals surface area contributed by atoms with E-state index in [0.717, 1.165) is 24.2 Å². The molecule has 0 unspecified atom stereocenters. The Labute approximate surface area is 124 Å². The Morgan fingerprint density at radius 1 is 1.38 bits per heavy atom. The smallest absolute Gasteiger partial charge is 0.223 e. The highest BCUT2D eigenvalue weighted by Crippen LogP contribution is 2.37. The van der Waals surface area contributed by atoms with E-state index in [4.69, 9.17) is 9.78 Å². The van der Waals surface area contributed by atoms with E-state index in [0.29, 0.717) is 18.0 Å². The Hall–Kier alpha value is -2.19. The second kappa shape index (κ2) is 5.66. The normalized spacial score (nSPS) is 16.8. The first kappa shape index (κ1) is 13.8. The van der Waals surface area contributed by atoms with Gasteiger partial charge in [0.2, 0.25) is 5.89 Å². The minimum absolute atomic E-state index is 0.194. The largest absolute Gasteiger partial charge is 0.340 e. The fourth-order valence-electron chi connectivity index (χ4n) is 2.97. The number of rotatable bonds is 4. The van der Waals surface area contributed by atoms with Gasteiger partial charge in [0, 0.05) is 13.5 Å². The van der Waals surface area contributed by atoms with Crippen molar-refractivity contribution in [3.8, 4) is 6.07 Å². The molecule has 1 saturated carbocycles. The molecule has 2 aromatic rings. The van der Waals surface area contributed by atoms with Crippen LogP contribution >= 0.6 is 0 Å². The fraction of sp³-hybridized carbons (Fsp3) is 0.438. The maximum absolute atomic E-state index is 8.97. The van der Waals surface area contributed by atoms with Gasteiger partial charge in [0.25, 0.3) is 0 Å². The van der Waals surface area contributed by atoms with Crippen LogP contribution in [0.4, 0.5) is 0 Å². The molecule has 0 radical (unpaired) electrons. The van der Waals surface area contributed by atoms with Gasteiger partial charge in [0.05, 0.1) is 17.2 Å². The lowest BCUT2D eigenvalue weighted by molar-refractivity contribution is 0.298. The molecule has 0 amide bonds. The van der Waals surface area contributed by atoms with Crippen molar-refractivity contribution in [1.29, 1.82) is 5.26 Å². The molecule has 0 bridgehead atoms. The third-order valence-corrected chi connectivity index (χ3v) is 4.10. The van der Waals surface area contributed by atoms with Crippen molar-refractivity contribution < 1.29 is 4.52 Å². The molecule has 0 saturated heterocycles. The predicted octanol–water partition coefficient (Wildman–Crippen LogP) is 2.81. The van der Waals surface area contributed by atoms with Crippen LogP contribution in [-0.2, 0) is 12.1 Å². The summed E-state index contributed by atoms with van der Waals surface area (Å²) < 4.78 is 5.15. The van der Waals surface area contributed by atoms with Crippen molar-refractivity contribution in [3.05, 3.63) is 47.1 Å². The van der Waals surface area contributed by atoms with Gasteiger partial charge in [-0.25, -0.2) is 0 Å². The molecular weight excluding hydrogens is 264 g/mol. The van der Waals surface area contributed by atoms with Crippen LogP contribution in [0.25, 0.3) is 0 Å². The van der Waals surface area contributed by atoms with Crippen molar-refractivity contribution in [3.63, 3.8) is 0 Å². The first-order chi connectivity index (χ1) is 10.2. The number of nitrogens with zero attached hydrogens (tertiary/aromatic N) is 3. The van der Waals surface area contributed by atoms with Crippen molar-refractivity contribution in [1.82, 2.24) is 15.5 Å². The monoisotopic (exact) mass is 282 g/mol. The van der Waals surface area contributed by atoms with E-state index < -0.39 is 0 Å². The van der Waals surface area contributed by atoms with E-state index in [2.05, 4.69) is 21.5 Å². The van der Waals surface area contributed by atoms with Crippen molar-refractivity contribution in [2.75, 3.05) is 0 Å². The molecule has 108 valence electrons. The average molecular weight is 282 g/mol. The van der Waals surface area contributed by atoms with Gasteiger partial charge in [-0.15, -0.1) is 0 Å².